The van der Waals surface area contributed by atoms with Crippen LogP contribution >= 0.6 is 0 Å². The third kappa shape index (κ3) is 3.33. The third-order valence-electron chi connectivity index (χ3n) is 3.72. The van der Waals surface area contributed by atoms with Crippen LogP contribution in [0, 0.1) is 5.92 Å². The van der Waals surface area contributed by atoms with Gasteiger partial charge in [-0.3, -0.25) is 9.59 Å². The molecule has 2 rings (SSSR count). The van der Waals surface area contributed by atoms with Gasteiger partial charge in [0.2, 0.25) is 5.75 Å². The molecule has 0 bridgehead atoms. The van der Waals surface area contributed by atoms with Crippen LogP contribution in [0.5, 0.6) is 17.2 Å². The molecule has 126 valence electrons. The van der Waals surface area contributed by atoms with Gasteiger partial charge in [0.05, 0.1) is 34.5 Å². The van der Waals surface area contributed by atoms with E-state index in [-0.39, 0.29) is 25.5 Å². The van der Waals surface area contributed by atoms with Crippen LogP contribution < -0.4 is 19.1 Å². The number of methoxy groups -OCH3 is 3. The molecule has 1 atom stereocenters. The predicted molar refractivity (Wildman–Crippen MR) is 83.4 cm³/mol. The van der Waals surface area contributed by atoms with Crippen molar-refractivity contribution in [2.75, 3.05) is 45.9 Å². The second kappa shape index (κ2) is 7.21. The van der Waals surface area contributed by atoms with E-state index in [0.717, 1.165) is 5.69 Å². The molecule has 1 heterocycles. The Labute approximate surface area is 135 Å². The van der Waals surface area contributed by atoms with Crippen molar-refractivity contribution in [2.45, 2.75) is 6.92 Å². The number of carbonyl (C=O) groups excluding carboxylic acids is 2. The van der Waals surface area contributed by atoms with Crippen LogP contribution in [0.1, 0.15) is 6.92 Å². The monoisotopic (exact) mass is 323 g/mol. The Balaban J connectivity index is 2.29. The van der Waals surface area contributed by atoms with Crippen molar-refractivity contribution in [1.29, 1.82) is 0 Å². The quantitative estimate of drug-likeness (QED) is 0.576. The minimum absolute atomic E-state index is 0.141. The average Bonchev–Trinajstić information content (AvgIpc) is 2.95. The fourth-order valence-electron chi connectivity index (χ4n) is 2.58. The highest BCUT2D eigenvalue weighted by Crippen LogP contribution is 2.41. The van der Waals surface area contributed by atoms with E-state index in [1.54, 1.807) is 24.0 Å². The number of benzene rings is 1. The maximum Gasteiger partial charge on any atom is 0.318 e. The summed E-state index contributed by atoms with van der Waals surface area (Å²) < 4.78 is 20.9. The molecule has 0 amide bonds. The summed E-state index contributed by atoms with van der Waals surface area (Å²) in [6.45, 7) is 2.39. The first-order valence-corrected chi connectivity index (χ1v) is 7.30. The zero-order chi connectivity index (χ0) is 17.0. The van der Waals surface area contributed by atoms with Crippen molar-refractivity contribution in [3.05, 3.63) is 12.1 Å². The summed E-state index contributed by atoms with van der Waals surface area (Å²) in [6, 6.07) is 3.50. The summed E-state index contributed by atoms with van der Waals surface area (Å²) in [5, 5.41) is 0. The normalized spacial score (nSPS) is 17.1. The van der Waals surface area contributed by atoms with E-state index in [2.05, 4.69) is 0 Å². The van der Waals surface area contributed by atoms with Gasteiger partial charge in [0.15, 0.2) is 17.3 Å². The molecule has 0 spiro atoms. The van der Waals surface area contributed by atoms with Crippen LogP contribution in [-0.4, -0.2) is 52.8 Å². The molecular weight excluding hydrogens is 302 g/mol. The van der Waals surface area contributed by atoms with Crippen molar-refractivity contribution in [3.63, 3.8) is 0 Å². The van der Waals surface area contributed by atoms with Gasteiger partial charge in [-0.25, -0.2) is 0 Å². The fourth-order valence-corrected chi connectivity index (χ4v) is 2.58. The topological polar surface area (TPSA) is 74.3 Å². The molecule has 0 aliphatic carbocycles. The minimum Gasteiger partial charge on any atom is -0.493 e. The van der Waals surface area contributed by atoms with E-state index in [1.165, 1.54) is 21.3 Å². The van der Waals surface area contributed by atoms with Gasteiger partial charge in [-0.05, 0) is 6.92 Å². The lowest BCUT2D eigenvalue weighted by Gasteiger charge is -2.21. The van der Waals surface area contributed by atoms with Gasteiger partial charge in [-0.2, -0.15) is 0 Å². The molecule has 1 unspecified atom stereocenters. The van der Waals surface area contributed by atoms with E-state index in [1.807, 2.05) is 0 Å². The Morgan fingerprint density at radius 3 is 2.26 bits per heavy atom. The summed E-state index contributed by atoms with van der Waals surface area (Å²) in [5.74, 6) is 0.0765. The van der Waals surface area contributed by atoms with E-state index in [0.29, 0.717) is 17.2 Å². The highest BCUT2D eigenvalue weighted by atomic mass is 16.5. The number of ketones is 1. The van der Waals surface area contributed by atoms with Crippen LogP contribution in [0.25, 0.3) is 0 Å². The number of hydrogen-bond acceptors (Lipinski definition) is 7. The number of Topliss-reactive ketones (excluding diaryl/α,β-unsaturated/α-hetero) is 1. The van der Waals surface area contributed by atoms with Gasteiger partial charge in [0, 0.05) is 24.4 Å². The number of carbonyl (C=O) groups is 2. The van der Waals surface area contributed by atoms with Crippen LogP contribution in [0.2, 0.25) is 0 Å². The van der Waals surface area contributed by atoms with Gasteiger partial charge >= 0.3 is 5.97 Å². The molecule has 1 fully saturated rings. The first kappa shape index (κ1) is 16.9. The molecule has 1 aliphatic rings. The number of ether oxygens (including phenoxy) is 4. The number of anilines is 1. The highest BCUT2D eigenvalue weighted by molar-refractivity contribution is 6.04. The summed E-state index contributed by atoms with van der Waals surface area (Å²) in [7, 11) is 4.57. The van der Waals surface area contributed by atoms with Crippen molar-refractivity contribution in [2.24, 2.45) is 5.92 Å². The lowest BCUT2D eigenvalue weighted by molar-refractivity contribution is -0.149. The van der Waals surface area contributed by atoms with Crippen molar-refractivity contribution >= 4 is 17.4 Å². The number of rotatable bonds is 6. The van der Waals surface area contributed by atoms with Crippen molar-refractivity contribution in [3.8, 4) is 17.2 Å². The smallest absolute Gasteiger partial charge is 0.318 e. The molecule has 0 aromatic heterocycles. The van der Waals surface area contributed by atoms with Crippen LogP contribution in [0.3, 0.4) is 0 Å². The molecule has 7 heteroatoms. The molecule has 1 aliphatic heterocycles. The molecule has 23 heavy (non-hydrogen) atoms. The van der Waals surface area contributed by atoms with E-state index >= 15 is 0 Å². The maximum atomic E-state index is 12.1. The molecule has 0 radical (unpaired) electrons. The average molecular weight is 323 g/mol. The zero-order valence-corrected chi connectivity index (χ0v) is 13.8. The summed E-state index contributed by atoms with van der Waals surface area (Å²) >= 11 is 0. The first-order chi connectivity index (χ1) is 11.0. The fraction of sp³-hybridized carbons (Fsp3) is 0.500. The lowest BCUT2D eigenvalue weighted by Crippen LogP contribution is -2.25. The Bertz CT molecular complexity index is 575. The number of esters is 1. The lowest BCUT2D eigenvalue weighted by atomic mass is 10.1. The molecule has 7 nitrogen and oxygen atoms in total. The third-order valence-corrected chi connectivity index (χ3v) is 3.72. The van der Waals surface area contributed by atoms with Crippen LogP contribution in [0.15, 0.2) is 12.1 Å². The van der Waals surface area contributed by atoms with Gasteiger partial charge in [-0.15, -0.1) is 0 Å². The second-order valence-electron chi connectivity index (χ2n) is 5.04. The molecular formula is C16H21NO6. The Morgan fingerprint density at radius 1 is 1.17 bits per heavy atom. The molecule has 0 saturated carbocycles. The first-order valence-electron chi connectivity index (χ1n) is 7.30. The summed E-state index contributed by atoms with van der Waals surface area (Å²) in [6.07, 6.45) is 0. The Hall–Kier alpha value is -2.44. The Kier molecular flexibility index (Phi) is 5.31. The largest absolute Gasteiger partial charge is 0.493 e. The Morgan fingerprint density at radius 2 is 1.78 bits per heavy atom. The maximum absolute atomic E-state index is 12.1. The number of hydrogen-bond donors (Lipinski definition) is 0. The minimum atomic E-state index is -0.756. The van der Waals surface area contributed by atoms with Crippen LogP contribution in [-0.2, 0) is 14.3 Å². The van der Waals surface area contributed by atoms with Gasteiger partial charge in [0.25, 0.3) is 0 Å². The van der Waals surface area contributed by atoms with Gasteiger partial charge in [-0.1, -0.05) is 0 Å². The molecule has 1 saturated heterocycles. The van der Waals surface area contributed by atoms with E-state index in [9.17, 15) is 9.59 Å². The van der Waals surface area contributed by atoms with Crippen LogP contribution in [0.4, 0.5) is 5.69 Å². The van der Waals surface area contributed by atoms with Gasteiger partial charge in [0.1, 0.15) is 5.92 Å². The molecule has 0 N–H and O–H groups in total. The predicted octanol–water partition coefficient (Wildman–Crippen LogP) is 1.28. The van der Waals surface area contributed by atoms with Crippen molar-refractivity contribution in [1.82, 2.24) is 0 Å². The second-order valence-corrected chi connectivity index (χ2v) is 5.04. The SMILES string of the molecule is CCOC(=O)C1CN(c2cc(OC)c(OC)c(OC)c2)CC1=O. The zero-order valence-electron chi connectivity index (χ0n) is 13.8. The standard InChI is InChI=1S/C16H21NO6/c1-5-23-16(19)11-8-17(9-12(11)18)10-6-13(20-2)15(22-4)14(7-10)21-3/h6-7,11H,5,8-9H2,1-4H3. The molecule has 1 aromatic rings. The molecule has 1 aromatic carbocycles. The van der Waals surface area contributed by atoms with E-state index in [4.69, 9.17) is 18.9 Å². The van der Waals surface area contributed by atoms with Gasteiger partial charge < -0.3 is 23.8 Å². The summed E-state index contributed by atoms with van der Waals surface area (Å²) in [5.41, 5.74) is 0.722. The van der Waals surface area contributed by atoms with Crippen molar-refractivity contribution < 1.29 is 28.5 Å². The highest BCUT2D eigenvalue weighted by Gasteiger charge is 2.37. The number of nitrogens with zero attached hydrogens (tertiary/aromatic N) is 1. The van der Waals surface area contributed by atoms with E-state index < -0.39 is 11.9 Å². The summed E-state index contributed by atoms with van der Waals surface area (Å²) in [4.78, 5) is 25.7.